The van der Waals surface area contributed by atoms with E-state index in [1.54, 1.807) is 18.2 Å². The van der Waals surface area contributed by atoms with Gasteiger partial charge in [-0.05, 0) is 30.7 Å². The topological polar surface area (TPSA) is 87.9 Å². The summed E-state index contributed by atoms with van der Waals surface area (Å²) < 4.78 is 40.7. The van der Waals surface area contributed by atoms with Crippen molar-refractivity contribution in [2.75, 3.05) is 13.3 Å². The Kier molecular flexibility index (Phi) is 6.68. The Morgan fingerprint density at radius 2 is 1.93 bits per heavy atom. The Bertz CT molecular complexity index is 911. The quantitative estimate of drug-likeness (QED) is 0.547. The van der Waals surface area contributed by atoms with Gasteiger partial charge in [-0.25, -0.2) is 4.99 Å². The number of alkyl halides is 2. The number of fused-ring (bicyclic) bond motifs is 1. The molecule has 0 amide bonds. The molecule has 0 saturated carbocycles. The first kappa shape index (κ1) is 20.2. The number of halogens is 2. The van der Waals surface area contributed by atoms with E-state index in [9.17, 15) is 8.78 Å². The van der Waals surface area contributed by atoms with Crippen molar-refractivity contribution in [2.45, 2.75) is 26.6 Å². The molecule has 0 radical (unpaired) electrons. The molecular formula is C20H20F2N4O3. The molecule has 0 aromatic heterocycles. The first-order valence-corrected chi connectivity index (χ1v) is 8.97. The van der Waals surface area contributed by atoms with E-state index < -0.39 is 6.61 Å². The number of hydrogen-bond acceptors (Lipinski definition) is 5. The highest BCUT2D eigenvalue weighted by molar-refractivity contribution is 5.79. The fourth-order valence-corrected chi connectivity index (χ4v) is 2.68. The average molecular weight is 402 g/mol. The van der Waals surface area contributed by atoms with Crippen LogP contribution in [0.15, 0.2) is 41.4 Å². The molecule has 0 spiro atoms. The van der Waals surface area contributed by atoms with Gasteiger partial charge in [0.2, 0.25) is 6.79 Å². The Labute approximate surface area is 166 Å². The van der Waals surface area contributed by atoms with Crippen molar-refractivity contribution >= 4 is 5.96 Å². The monoisotopic (exact) mass is 402 g/mol. The van der Waals surface area contributed by atoms with Crippen LogP contribution in [-0.4, -0.2) is 25.9 Å². The minimum Gasteiger partial charge on any atom is -0.454 e. The van der Waals surface area contributed by atoms with Gasteiger partial charge in [-0.2, -0.15) is 14.0 Å². The number of nitrogens with one attached hydrogen (secondary N) is 2. The smallest absolute Gasteiger partial charge is 0.387 e. The molecule has 29 heavy (non-hydrogen) atoms. The molecule has 7 nitrogen and oxygen atoms in total. The van der Waals surface area contributed by atoms with Crippen LogP contribution < -0.4 is 24.8 Å². The number of hydrogen-bond donors (Lipinski definition) is 2. The number of guanidine groups is 1. The summed E-state index contributed by atoms with van der Waals surface area (Å²) in [6.45, 7) is 0.216. The Morgan fingerprint density at radius 1 is 1.21 bits per heavy atom. The van der Waals surface area contributed by atoms with E-state index in [-0.39, 0.29) is 19.1 Å². The summed E-state index contributed by atoms with van der Waals surface area (Å²) >= 11 is 0. The largest absolute Gasteiger partial charge is 0.454 e. The number of nitriles is 1. The highest BCUT2D eigenvalue weighted by Gasteiger charge is 2.20. The van der Waals surface area contributed by atoms with Crippen LogP contribution in [0.3, 0.4) is 0 Å². The molecule has 152 valence electrons. The van der Waals surface area contributed by atoms with Gasteiger partial charge in [-0.3, -0.25) is 0 Å². The molecule has 0 bridgehead atoms. The molecule has 1 heterocycles. The van der Waals surface area contributed by atoms with Crippen molar-refractivity contribution in [3.8, 4) is 23.3 Å². The molecule has 0 fully saturated rings. The molecule has 2 aromatic rings. The molecule has 1 aliphatic heterocycles. The number of rotatable bonds is 7. The maximum absolute atomic E-state index is 12.8. The second-order valence-electron chi connectivity index (χ2n) is 6.05. The Hall–Kier alpha value is -3.54. The van der Waals surface area contributed by atoms with E-state index in [4.69, 9.17) is 14.7 Å². The van der Waals surface area contributed by atoms with Crippen LogP contribution in [0.5, 0.6) is 17.2 Å². The minimum atomic E-state index is -2.95. The fraction of sp³-hybridized carbons (Fsp3) is 0.300. The summed E-state index contributed by atoms with van der Waals surface area (Å²) in [4.78, 5) is 4.48. The summed E-state index contributed by atoms with van der Waals surface area (Å²) in [7, 11) is 0. The minimum absolute atomic E-state index is 0.0136. The summed E-state index contributed by atoms with van der Waals surface area (Å²) in [5.41, 5.74) is 2.00. The third kappa shape index (κ3) is 5.48. The molecule has 9 heteroatoms. The van der Waals surface area contributed by atoms with Crippen molar-refractivity contribution in [3.05, 3.63) is 53.1 Å². The summed E-state index contributed by atoms with van der Waals surface area (Å²) in [5, 5.41) is 15.1. The van der Waals surface area contributed by atoms with Crippen molar-refractivity contribution in [1.29, 1.82) is 5.26 Å². The number of aliphatic imine (C=N–C) groups is 1. The second-order valence-corrected chi connectivity index (χ2v) is 6.05. The molecule has 0 saturated heterocycles. The molecule has 0 unspecified atom stereocenters. The number of benzene rings is 2. The molecule has 2 N–H and O–H groups in total. The molecule has 0 atom stereocenters. The van der Waals surface area contributed by atoms with Gasteiger partial charge in [0, 0.05) is 24.7 Å². The van der Waals surface area contributed by atoms with E-state index in [0.717, 1.165) is 5.56 Å². The van der Waals surface area contributed by atoms with Crippen LogP contribution in [0, 0.1) is 11.3 Å². The third-order valence-corrected chi connectivity index (χ3v) is 4.07. The highest BCUT2D eigenvalue weighted by Crippen LogP contribution is 2.38. The van der Waals surface area contributed by atoms with E-state index in [0.29, 0.717) is 41.7 Å². The van der Waals surface area contributed by atoms with Gasteiger partial charge in [-0.15, -0.1) is 0 Å². The lowest BCUT2D eigenvalue weighted by molar-refractivity contribution is -0.0505. The van der Waals surface area contributed by atoms with Crippen molar-refractivity contribution in [1.82, 2.24) is 10.6 Å². The molecule has 1 aliphatic rings. The van der Waals surface area contributed by atoms with Gasteiger partial charge < -0.3 is 24.8 Å². The van der Waals surface area contributed by atoms with Crippen LogP contribution in [0.1, 0.15) is 23.6 Å². The van der Waals surface area contributed by atoms with Gasteiger partial charge in [-0.1, -0.05) is 12.1 Å². The second kappa shape index (κ2) is 9.59. The predicted molar refractivity (Wildman–Crippen MR) is 102 cm³/mol. The summed E-state index contributed by atoms with van der Waals surface area (Å²) in [5.74, 6) is 1.37. The van der Waals surface area contributed by atoms with Crippen LogP contribution in [0.4, 0.5) is 8.78 Å². The van der Waals surface area contributed by atoms with Crippen LogP contribution >= 0.6 is 0 Å². The summed E-state index contributed by atoms with van der Waals surface area (Å²) in [6, 6.07) is 12.2. The van der Waals surface area contributed by atoms with E-state index in [1.807, 2.05) is 19.1 Å². The average Bonchev–Trinajstić information content (AvgIpc) is 3.17. The lowest BCUT2D eigenvalue weighted by Gasteiger charge is -2.15. The van der Waals surface area contributed by atoms with E-state index in [2.05, 4.69) is 26.4 Å². The molecule has 2 aromatic carbocycles. The Morgan fingerprint density at radius 3 is 2.59 bits per heavy atom. The predicted octanol–water partition coefficient (Wildman–Crippen LogP) is 3.14. The van der Waals surface area contributed by atoms with Crippen molar-refractivity contribution in [3.63, 3.8) is 0 Å². The van der Waals surface area contributed by atoms with Gasteiger partial charge in [0.15, 0.2) is 17.5 Å². The fourth-order valence-electron chi connectivity index (χ4n) is 2.68. The molecule has 3 rings (SSSR count). The van der Waals surface area contributed by atoms with Crippen molar-refractivity contribution < 1.29 is 23.0 Å². The SMILES string of the molecule is CCNC(=NCc1ccc(C#N)cc1)NCc1cc2c(cc1OC(F)F)OCO2. The normalized spacial score (nSPS) is 12.6. The van der Waals surface area contributed by atoms with Gasteiger partial charge >= 0.3 is 6.61 Å². The zero-order valence-corrected chi connectivity index (χ0v) is 15.7. The van der Waals surface area contributed by atoms with Crippen molar-refractivity contribution in [2.24, 2.45) is 4.99 Å². The van der Waals surface area contributed by atoms with Gasteiger partial charge in [0.05, 0.1) is 18.2 Å². The Balaban J connectivity index is 1.71. The zero-order chi connectivity index (χ0) is 20.6. The van der Waals surface area contributed by atoms with Gasteiger partial charge in [0.25, 0.3) is 0 Å². The van der Waals surface area contributed by atoms with Crippen LogP contribution in [0.25, 0.3) is 0 Å². The zero-order valence-electron chi connectivity index (χ0n) is 15.7. The third-order valence-electron chi connectivity index (χ3n) is 4.07. The first-order chi connectivity index (χ1) is 14.1. The highest BCUT2D eigenvalue weighted by atomic mass is 19.3. The van der Waals surface area contributed by atoms with E-state index in [1.165, 1.54) is 6.07 Å². The molecule has 0 aliphatic carbocycles. The standard InChI is InChI=1S/C20H20F2N4O3/c1-2-24-20(25-10-14-5-3-13(9-23)4-6-14)26-11-15-7-17-18(28-12-27-17)8-16(15)29-19(21)22/h3-8,19H,2,10-12H2,1H3,(H2,24,25,26). The van der Waals surface area contributed by atoms with Crippen LogP contribution in [-0.2, 0) is 13.1 Å². The van der Waals surface area contributed by atoms with E-state index >= 15 is 0 Å². The number of nitrogens with zero attached hydrogens (tertiary/aromatic N) is 2. The first-order valence-electron chi connectivity index (χ1n) is 8.97. The maximum Gasteiger partial charge on any atom is 0.387 e. The molecular weight excluding hydrogens is 382 g/mol. The van der Waals surface area contributed by atoms with Gasteiger partial charge in [0.1, 0.15) is 5.75 Å². The van der Waals surface area contributed by atoms with Crippen LogP contribution in [0.2, 0.25) is 0 Å². The lowest BCUT2D eigenvalue weighted by Crippen LogP contribution is -2.36. The lowest BCUT2D eigenvalue weighted by atomic mass is 10.1. The summed E-state index contributed by atoms with van der Waals surface area (Å²) in [6.07, 6.45) is 0. The maximum atomic E-state index is 12.8. The number of ether oxygens (including phenoxy) is 3.